The fourth-order valence-electron chi connectivity index (χ4n) is 1.65. The summed E-state index contributed by atoms with van der Waals surface area (Å²) in [5.41, 5.74) is 1.23. The van der Waals surface area contributed by atoms with Crippen molar-refractivity contribution in [1.29, 1.82) is 0 Å². The van der Waals surface area contributed by atoms with Crippen molar-refractivity contribution in [3.63, 3.8) is 0 Å². The summed E-state index contributed by atoms with van der Waals surface area (Å²) in [7, 11) is 1.33. The molecule has 0 aliphatic carbocycles. The monoisotopic (exact) mass is 309 g/mol. The lowest BCUT2D eigenvalue weighted by molar-refractivity contribution is 0.0605. The quantitative estimate of drug-likeness (QED) is 0.879. The van der Waals surface area contributed by atoms with Gasteiger partial charge in [-0.15, -0.1) is 11.3 Å². The molecule has 1 aromatic carbocycles. The Morgan fingerprint density at radius 1 is 1.30 bits per heavy atom. The molecule has 1 N–H and O–H groups in total. The van der Waals surface area contributed by atoms with Gasteiger partial charge in [0.15, 0.2) is 0 Å². The van der Waals surface area contributed by atoms with Crippen molar-refractivity contribution in [3.8, 4) is 0 Å². The van der Waals surface area contributed by atoms with Crippen LogP contribution in [0.5, 0.6) is 0 Å². The normalized spacial score (nSPS) is 10.2. The van der Waals surface area contributed by atoms with Gasteiger partial charge in [0, 0.05) is 10.6 Å². The first-order valence-electron chi connectivity index (χ1n) is 5.77. The Bertz CT molecular complexity index is 666. The molecule has 0 fully saturated rings. The van der Waals surface area contributed by atoms with Crippen molar-refractivity contribution in [3.05, 3.63) is 51.4 Å². The highest BCUT2D eigenvalue weighted by Crippen LogP contribution is 2.27. The van der Waals surface area contributed by atoms with Crippen LogP contribution in [0.15, 0.2) is 30.3 Å². The van der Waals surface area contributed by atoms with Gasteiger partial charge in [-0.05, 0) is 36.8 Å². The van der Waals surface area contributed by atoms with Crippen LogP contribution in [-0.4, -0.2) is 19.0 Å². The van der Waals surface area contributed by atoms with Crippen molar-refractivity contribution in [2.45, 2.75) is 6.92 Å². The van der Waals surface area contributed by atoms with Gasteiger partial charge >= 0.3 is 5.97 Å². The molecule has 6 heteroatoms. The van der Waals surface area contributed by atoms with Gasteiger partial charge in [0.05, 0.1) is 12.1 Å². The minimum Gasteiger partial charge on any atom is -0.465 e. The largest absolute Gasteiger partial charge is 0.465 e. The van der Waals surface area contributed by atoms with E-state index in [0.29, 0.717) is 20.5 Å². The standard InChI is InChI=1S/C14H12ClNO3S/c1-8-6-11(20-12(8)14(18)19-2)16-13(17)9-4-3-5-10(15)7-9/h3-7H,1-2H3,(H,16,17). The molecular formula is C14H12ClNO3S. The van der Waals surface area contributed by atoms with E-state index in [1.807, 2.05) is 0 Å². The third kappa shape index (κ3) is 3.18. The number of anilines is 1. The van der Waals surface area contributed by atoms with Crippen molar-refractivity contribution < 1.29 is 14.3 Å². The maximum absolute atomic E-state index is 12.0. The third-order valence-corrected chi connectivity index (χ3v) is 3.98. The lowest BCUT2D eigenvalue weighted by Gasteiger charge is -2.02. The molecule has 1 aromatic heterocycles. The van der Waals surface area contributed by atoms with Gasteiger partial charge in [-0.3, -0.25) is 4.79 Å². The summed E-state index contributed by atoms with van der Waals surface area (Å²) in [4.78, 5) is 24.0. The second-order valence-corrected chi connectivity index (χ2v) is 5.57. The molecule has 0 saturated heterocycles. The zero-order chi connectivity index (χ0) is 14.7. The third-order valence-electron chi connectivity index (χ3n) is 2.61. The Morgan fingerprint density at radius 2 is 2.05 bits per heavy atom. The van der Waals surface area contributed by atoms with E-state index in [9.17, 15) is 9.59 Å². The van der Waals surface area contributed by atoms with Crippen LogP contribution in [-0.2, 0) is 4.74 Å². The molecule has 2 rings (SSSR count). The molecule has 4 nitrogen and oxygen atoms in total. The lowest BCUT2D eigenvalue weighted by atomic mass is 10.2. The topological polar surface area (TPSA) is 55.4 Å². The molecule has 0 saturated carbocycles. The minimum atomic E-state index is -0.407. The number of carbonyl (C=O) groups is 2. The smallest absolute Gasteiger partial charge is 0.348 e. The summed E-state index contributed by atoms with van der Waals surface area (Å²) in [5.74, 6) is -0.680. The number of rotatable bonds is 3. The van der Waals surface area contributed by atoms with Gasteiger partial charge in [-0.25, -0.2) is 4.79 Å². The van der Waals surface area contributed by atoms with E-state index in [1.165, 1.54) is 18.4 Å². The van der Waals surface area contributed by atoms with Gasteiger partial charge in [-0.1, -0.05) is 17.7 Å². The molecule has 0 unspecified atom stereocenters. The van der Waals surface area contributed by atoms with E-state index in [2.05, 4.69) is 10.1 Å². The van der Waals surface area contributed by atoms with E-state index >= 15 is 0 Å². The molecule has 0 aliphatic rings. The van der Waals surface area contributed by atoms with E-state index < -0.39 is 5.97 Å². The Labute approximate surface area is 125 Å². The van der Waals surface area contributed by atoms with Crippen LogP contribution < -0.4 is 5.32 Å². The Balaban J connectivity index is 2.18. The average molecular weight is 310 g/mol. The first-order chi connectivity index (χ1) is 9.51. The zero-order valence-corrected chi connectivity index (χ0v) is 12.5. The van der Waals surface area contributed by atoms with Crippen LogP contribution in [0.3, 0.4) is 0 Å². The highest BCUT2D eigenvalue weighted by Gasteiger charge is 2.15. The lowest BCUT2D eigenvalue weighted by Crippen LogP contribution is -2.10. The summed E-state index contributed by atoms with van der Waals surface area (Å²) in [5, 5.41) is 3.83. The van der Waals surface area contributed by atoms with Crippen LogP contribution in [0.1, 0.15) is 25.6 Å². The number of aryl methyl sites for hydroxylation is 1. The number of halogens is 1. The maximum Gasteiger partial charge on any atom is 0.348 e. The van der Waals surface area contributed by atoms with Crippen molar-refractivity contribution in [2.75, 3.05) is 12.4 Å². The molecule has 104 valence electrons. The summed E-state index contributed by atoms with van der Waals surface area (Å²) in [6, 6.07) is 8.39. The van der Waals surface area contributed by atoms with E-state index in [1.54, 1.807) is 37.3 Å². The first kappa shape index (κ1) is 14.6. The Morgan fingerprint density at radius 3 is 2.70 bits per heavy atom. The number of benzene rings is 1. The number of methoxy groups -OCH3 is 1. The number of hydrogen-bond acceptors (Lipinski definition) is 4. The van der Waals surface area contributed by atoms with Gasteiger partial charge in [-0.2, -0.15) is 0 Å². The van der Waals surface area contributed by atoms with E-state index in [-0.39, 0.29) is 5.91 Å². The Kier molecular flexibility index (Phi) is 4.42. The van der Waals surface area contributed by atoms with Crippen LogP contribution in [0.4, 0.5) is 5.00 Å². The minimum absolute atomic E-state index is 0.273. The van der Waals surface area contributed by atoms with Crippen molar-refractivity contribution >= 4 is 39.8 Å². The highest BCUT2D eigenvalue weighted by molar-refractivity contribution is 7.18. The Hall–Kier alpha value is -1.85. The van der Waals surface area contributed by atoms with E-state index in [4.69, 9.17) is 11.6 Å². The van der Waals surface area contributed by atoms with Crippen molar-refractivity contribution in [1.82, 2.24) is 0 Å². The molecular weight excluding hydrogens is 298 g/mol. The second kappa shape index (κ2) is 6.07. The van der Waals surface area contributed by atoms with Gasteiger partial charge in [0.1, 0.15) is 4.88 Å². The highest BCUT2D eigenvalue weighted by atomic mass is 35.5. The summed E-state index contributed by atoms with van der Waals surface area (Å²) >= 11 is 7.02. The summed E-state index contributed by atoms with van der Waals surface area (Å²) in [6.45, 7) is 1.79. The second-order valence-electron chi connectivity index (χ2n) is 4.08. The van der Waals surface area contributed by atoms with Gasteiger partial charge in [0.25, 0.3) is 5.91 Å². The first-order valence-corrected chi connectivity index (χ1v) is 6.96. The molecule has 0 aliphatic heterocycles. The molecule has 0 atom stereocenters. The molecule has 1 amide bonds. The number of ether oxygens (including phenoxy) is 1. The number of thiophene rings is 1. The predicted molar refractivity (Wildman–Crippen MR) is 79.8 cm³/mol. The number of nitrogens with one attached hydrogen (secondary N) is 1. The van der Waals surface area contributed by atoms with Crippen LogP contribution in [0, 0.1) is 6.92 Å². The molecule has 20 heavy (non-hydrogen) atoms. The molecule has 2 aromatic rings. The van der Waals surface area contributed by atoms with Crippen LogP contribution in [0.25, 0.3) is 0 Å². The average Bonchev–Trinajstić information content (AvgIpc) is 2.78. The molecule has 1 heterocycles. The molecule has 0 spiro atoms. The van der Waals surface area contributed by atoms with Crippen molar-refractivity contribution in [2.24, 2.45) is 0 Å². The van der Waals surface area contributed by atoms with E-state index in [0.717, 1.165) is 5.56 Å². The van der Waals surface area contributed by atoms with Gasteiger partial charge < -0.3 is 10.1 Å². The van der Waals surface area contributed by atoms with Crippen LogP contribution >= 0.6 is 22.9 Å². The number of amides is 1. The molecule has 0 bridgehead atoms. The maximum atomic E-state index is 12.0. The predicted octanol–water partition coefficient (Wildman–Crippen LogP) is 3.75. The fourth-order valence-corrected chi connectivity index (χ4v) is 2.83. The van der Waals surface area contributed by atoms with Gasteiger partial charge in [0.2, 0.25) is 0 Å². The fraction of sp³-hybridized carbons (Fsp3) is 0.143. The number of hydrogen-bond donors (Lipinski definition) is 1. The number of esters is 1. The zero-order valence-electron chi connectivity index (χ0n) is 10.9. The van der Waals surface area contributed by atoms with Crippen LogP contribution in [0.2, 0.25) is 5.02 Å². The number of carbonyl (C=O) groups excluding carboxylic acids is 2. The summed E-state index contributed by atoms with van der Waals surface area (Å²) in [6.07, 6.45) is 0. The summed E-state index contributed by atoms with van der Waals surface area (Å²) < 4.78 is 4.68. The molecule has 0 radical (unpaired) electrons. The SMILES string of the molecule is COC(=O)c1sc(NC(=O)c2cccc(Cl)c2)cc1C.